The summed E-state index contributed by atoms with van der Waals surface area (Å²) in [6.07, 6.45) is 2.94. The SMILES string of the molecule is CN1C(NCc2ccc(Cl)nc2)=C([N+](=O)[O-])C(c2ccco2)C(C#N)(C#N)C1c1ccccc1. The second kappa shape index (κ2) is 9.26. The van der Waals surface area contributed by atoms with Crippen LogP contribution in [-0.4, -0.2) is 21.9 Å². The molecule has 4 rings (SSSR count). The van der Waals surface area contributed by atoms with E-state index >= 15 is 0 Å². The van der Waals surface area contributed by atoms with Crippen molar-refractivity contribution in [2.75, 3.05) is 7.05 Å². The van der Waals surface area contributed by atoms with Crippen molar-refractivity contribution in [1.82, 2.24) is 15.2 Å². The molecule has 9 nitrogen and oxygen atoms in total. The zero-order chi connectivity index (χ0) is 24.3. The number of aromatic nitrogens is 1. The number of nitrogens with one attached hydrogen (secondary N) is 1. The Hall–Kier alpha value is -4.34. The molecule has 1 aromatic carbocycles. The van der Waals surface area contributed by atoms with Crippen LogP contribution in [0.3, 0.4) is 0 Å². The number of nitro groups is 1. The number of pyridine rings is 1. The molecule has 0 radical (unpaired) electrons. The van der Waals surface area contributed by atoms with Crippen LogP contribution >= 0.6 is 11.6 Å². The fraction of sp³-hybridized carbons (Fsp3) is 0.208. The second-order valence-electron chi connectivity index (χ2n) is 7.80. The van der Waals surface area contributed by atoms with Crippen molar-refractivity contribution in [1.29, 1.82) is 10.5 Å². The lowest BCUT2D eigenvalue weighted by Gasteiger charge is -2.45. The van der Waals surface area contributed by atoms with Crippen molar-refractivity contribution < 1.29 is 9.34 Å². The van der Waals surface area contributed by atoms with E-state index in [-0.39, 0.29) is 23.8 Å². The van der Waals surface area contributed by atoms with Gasteiger partial charge in [-0.25, -0.2) is 4.98 Å². The number of hydrogen-bond donors (Lipinski definition) is 1. The molecule has 2 atom stereocenters. The summed E-state index contributed by atoms with van der Waals surface area (Å²) in [5, 5.41) is 36.6. The maximum Gasteiger partial charge on any atom is 0.299 e. The van der Waals surface area contributed by atoms with E-state index in [0.29, 0.717) is 10.7 Å². The number of halogens is 1. The number of allylic oxidation sites excluding steroid dienone is 1. The molecule has 0 spiro atoms. The van der Waals surface area contributed by atoms with Crippen molar-refractivity contribution in [3.63, 3.8) is 0 Å². The molecule has 0 saturated heterocycles. The minimum Gasteiger partial charge on any atom is -0.468 e. The van der Waals surface area contributed by atoms with Gasteiger partial charge in [0.05, 0.1) is 29.4 Å². The summed E-state index contributed by atoms with van der Waals surface area (Å²) in [5.41, 5.74) is -0.756. The fourth-order valence-electron chi connectivity index (χ4n) is 4.44. The van der Waals surface area contributed by atoms with Gasteiger partial charge in [0.1, 0.15) is 16.8 Å². The second-order valence-corrected chi connectivity index (χ2v) is 8.19. The first kappa shape index (κ1) is 22.8. The third-order valence-electron chi connectivity index (χ3n) is 5.90. The highest BCUT2D eigenvalue weighted by molar-refractivity contribution is 6.29. The highest BCUT2D eigenvalue weighted by Gasteiger charge is 2.61. The van der Waals surface area contributed by atoms with E-state index in [1.54, 1.807) is 66.7 Å². The monoisotopic (exact) mass is 474 g/mol. The first-order valence-corrected chi connectivity index (χ1v) is 10.7. The van der Waals surface area contributed by atoms with E-state index < -0.39 is 22.3 Å². The minimum atomic E-state index is -1.84. The predicted octanol–water partition coefficient (Wildman–Crippen LogP) is 4.37. The molecule has 34 heavy (non-hydrogen) atoms. The fourth-order valence-corrected chi connectivity index (χ4v) is 4.55. The Morgan fingerprint density at radius 2 is 1.94 bits per heavy atom. The van der Waals surface area contributed by atoms with Crippen LogP contribution in [0, 0.1) is 38.2 Å². The number of furan rings is 1. The highest BCUT2D eigenvalue weighted by atomic mass is 35.5. The van der Waals surface area contributed by atoms with Gasteiger partial charge >= 0.3 is 0 Å². The number of nitriles is 2. The highest BCUT2D eigenvalue weighted by Crippen LogP contribution is 2.55. The minimum absolute atomic E-state index is 0.163. The van der Waals surface area contributed by atoms with Crippen LogP contribution in [0.15, 0.2) is 83.0 Å². The van der Waals surface area contributed by atoms with Crippen LogP contribution in [0.4, 0.5) is 0 Å². The van der Waals surface area contributed by atoms with Gasteiger partial charge in [0.25, 0.3) is 5.70 Å². The molecule has 1 aliphatic heterocycles. The van der Waals surface area contributed by atoms with Crippen LogP contribution in [0.25, 0.3) is 0 Å². The lowest BCUT2D eigenvalue weighted by molar-refractivity contribution is -0.437. The first-order valence-electron chi connectivity index (χ1n) is 10.3. The topological polar surface area (TPSA) is 132 Å². The zero-order valence-electron chi connectivity index (χ0n) is 18.1. The van der Waals surface area contributed by atoms with E-state index in [9.17, 15) is 20.6 Å². The molecule has 0 amide bonds. The third-order valence-corrected chi connectivity index (χ3v) is 6.12. The number of rotatable bonds is 6. The van der Waals surface area contributed by atoms with E-state index in [1.165, 1.54) is 6.26 Å². The molecule has 0 aliphatic carbocycles. The molecule has 170 valence electrons. The van der Waals surface area contributed by atoms with Crippen molar-refractivity contribution in [3.8, 4) is 12.1 Å². The maximum absolute atomic E-state index is 12.4. The molecule has 0 bridgehead atoms. The predicted molar refractivity (Wildman–Crippen MR) is 122 cm³/mol. The molecule has 10 heteroatoms. The van der Waals surface area contributed by atoms with Gasteiger partial charge in [0, 0.05) is 19.8 Å². The van der Waals surface area contributed by atoms with Gasteiger partial charge < -0.3 is 14.6 Å². The van der Waals surface area contributed by atoms with Crippen molar-refractivity contribution in [2.24, 2.45) is 5.41 Å². The van der Waals surface area contributed by atoms with E-state index in [0.717, 1.165) is 5.56 Å². The smallest absolute Gasteiger partial charge is 0.299 e. The summed E-state index contributed by atoms with van der Waals surface area (Å²) >= 11 is 5.86. The Kier molecular flexibility index (Phi) is 6.22. The van der Waals surface area contributed by atoms with E-state index in [2.05, 4.69) is 22.4 Å². The molecule has 2 aromatic heterocycles. The number of nitrogens with zero attached hydrogens (tertiary/aromatic N) is 5. The Morgan fingerprint density at radius 3 is 2.50 bits per heavy atom. The largest absolute Gasteiger partial charge is 0.468 e. The average molecular weight is 475 g/mol. The number of benzene rings is 1. The molecule has 3 aromatic rings. The average Bonchev–Trinajstić information content (AvgIpc) is 3.38. The summed E-state index contributed by atoms with van der Waals surface area (Å²) in [6, 6.07) is 18.9. The summed E-state index contributed by atoms with van der Waals surface area (Å²) in [6.45, 7) is 0.208. The van der Waals surface area contributed by atoms with E-state index in [4.69, 9.17) is 16.0 Å². The molecular formula is C24H19ClN6O3. The van der Waals surface area contributed by atoms with Gasteiger partial charge in [-0.1, -0.05) is 48.0 Å². The van der Waals surface area contributed by atoms with Gasteiger partial charge in [-0.2, -0.15) is 10.5 Å². The Morgan fingerprint density at radius 1 is 1.21 bits per heavy atom. The Labute approximate surface area is 200 Å². The van der Waals surface area contributed by atoms with Crippen LogP contribution in [0.1, 0.15) is 28.8 Å². The Bertz CT molecular complexity index is 1280. The summed E-state index contributed by atoms with van der Waals surface area (Å²) in [4.78, 5) is 17.5. The van der Waals surface area contributed by atoms with Gasteiger partial charge in [0.15, 0.2) is 11.2 Å². The normalized spacial score (nSPS) is 19.2. The molecule has 0 fully saturated rings. The van der Waals surface area contributed by atoms with Gasteiger partial charge in [-0.3, -0.25) is 10.1 Å². The van der Waals surface area contributed by atoms with Gasteiger partial charge in [0.2, 0.25) is 0 Å². The molecule has 2 unspecified atom stereocenters. The lowest BCUT2D eigenvalue weighted by Crippen LogP contribution is -2.50. The van der Waals surface area contributed by atoms with Crippen molar-refractivity contribution in [2.45, 2.75) is 18.5 Å². The van der Waals surface area contributed by atoms with E-state index in [1.807, 2.05) is 6.07 Å². The van der Waals surface area contributed by atoms with Crippen LogP contribution in [-0.2, 0) is 6.54 Å². The number of hydrogen-bond acceptors (Lipinski definition) is 8. The molecule has 1 N–H and O–H groups in total. The lowest BCUT2D eigenvalue weighted by atomic mass is 9.65. The molecular weight excluding hydrogens is 456 g/mol. The summed E-state index contributed by atoms with van der Waals surface area (Å²) in [5.74, 6) is -0.910. The molecule has 3 heterocycles. The van der Waals surface area contributed by atoms with Gasteiger partial charge in [-0.05, 0) is 29.3 Å². The van der Waals surface area contributed by atoms with Crippen molar-refractivity contribution >= 4 is 11.6 Å². The Balaban J connectivity index is 1.93. The van der Waals surface area contributed by atoms with Crippen LogP contribution < -0.4 is 5.32 Å². The van der Waals surface area contributed by atoms with Crippen LogP contribution in [0.5, 0.6) is 0 Å². The third kappa shape index (κ3) is 3.83. The van der Waals surface area contributed by atoms with Crippen molar-refractivity contribution in [3.05, 3.63) is 111 Å². The molecule has 0 saturated carbocycles. The van der Waals surface area contributed by atoms with Crippen LogP contribution in [0.2, 0.25) is 5.15 Å². The quantitative estimate of drug-likeness (QED) is 0.316. The molecule has 1 aliphatic rings. The summed E-state index contributed by atoms with van der Waals surface area (Å²) < 4.78 is 5.54. The first-order chi connectivity index (χ1) is 16.4. The maximum atomic E-state index is 12.4. The standard InChI is InChI=1S/C24H19ClN6O3/c1-30-22(17-6-3-2-4-7-17)24(14-26,15-27)20(18-8-5-11-34-18)21(31(32)33)23(30)29-13-16-9-10-19(25)28-12-16/h2-12,20,22,29H,13H2,1H3. The van der Waals surface area contributed by atoms with Gasteiger partial charge in [-0.15, -0.1) is 0 Å². The zero-order valence-corrected chi connectivity index (χ0v) is 18.8. The summed E-state index contributed by atoms with van der Waals surface area (Å²) in [7, 11) is 1.63.